The van der Waals surface area contributed by atoms with E-state index in [1.807, 2.05) is 0 Å². The number of hydrogen-bond donors (Lipinski definition) is 1. The van der Waals surface area contributed by atoms with Crippen molar-refractivity contribution in [3.8, 4) is 0 Å². The summed E-state index contributed by atoms with van der Waals surface area (Å²) in [6.07, 6.45) is 3.50. The second kappa shape index (κ2) is 6.73. The zero-order chi connectivity index (χ0) is 14.6. The average Bonchev–Trinajstić information content (AvgIpc) is 2.86. The molecule has 0 radical (unpaired) electrons. The smallest absolute Gasteiger partial charge is 0.0547 e. The summed E-state index contributed by atoms with van der Waals surface area (Å²) in [5.74, 6) is 0. The predicted molar refractivity (Wildman–Crippen MR) is 82.1 cm³/mol. The van der Waals surface area contributed by atoms with Crippen LogP contribution in [0.15, 0.2) is 0 Å². The molecule has 2 aliphatic rings. The van der Waals surface area contributed by atoms with Crippen LogP contribution in [0.3, 0.4) is 0 Å². The summed E-state index contributed by atoms with van der Waals surface area (Å²) in [4.78, 5) is 2.54. The van der Waals surface area contributed by atoms with Crippen molar-refractivity contribution in [3.63, 3.8) is 0 Å². The molecule has 0 amide bonds. The Balaban J connectivity index is 1.90. The van der Waals surface area contributed by atoms with Crippen LogP contribution in [0, 0.1) is 5.41 Å². The summed E-state index contributed by atoms with van der Waals surface area (Å²) in [5.41, 5.74) is 0.452. The van der Waals surface area contributed by atoms with Gasteiger partial charge >= 0.3 is 0 Å². The van der Waals surface area contributed by atoms with Crippen LogP contribution < -0.4 is 5.32 Å². The summed E-state index contributed by atoms with van der Waals surface area (Å²) < 4.78 is 11.2. The van der Waals surface area contributed by atoms with E-state index in [2.05, 4.69) is 38.0 Å². The van der Waals surface area contributed by atoms with Crippen molar-refractivity contribution >= 4 is 0 Å². The van der Waals surface area contributed by atoms with E-state index >= 15 is 0 Å². The topological polar surface area (TPSA) is 33.7 Å². The highest BCUT2D eigenvalue weighted by Crippen LogP contribution is 2.31. The lowest BCUT2D eigenvalue weighted by molar-refractivity contribution is 0.0235. The van der Waals surface area contributed by atoms with Crippen molar-refractivity contribution in [2.24, 2.45) is 5.41 Å². The van der Waals surface area contributed by atoms with Gasteiger partial charge in [0, 0.05) is 49.9 Å². The Morgan fingerprint density at radius 2 is 1.85 bits per heavy atom. The fourth-order valence-electron chi connectivity index (χ4n) is 3.21. The van der Waals surface area contributed by atoms with Crippen LogP contribution in [0.25, 0.3) is 0 Å². The number of rotatable bonds is 5. The van der Waals surface area contributed by atoms with E-state index in [1.54, 1.807) is 0 Å². The number of nitrogens with one attached hydrogen (secondary N) is 1. The molecule has 2 heterocycles. The van der Waals surface area contributed by atoms with E-state index < -0.39 is 0 Å². The van der Waals surface area contributed by atoms with Crippen molar-refractivity contribution in [2.75, 3.05) is 46.6 Å². The molecular weight excluding hydrogens is 252 g/mol. The Kier molecular flexibility index (Phi) is 5.46. The van der Waals surface area contributed by atoms with Gasteiger partial charge in [-0.25, -0.2) is 0 Å². The van der Waals surface area contributed by atoms with E-state index in [-0.39, 0.29) is 11.0 Å². The number of nitrogens with zero attached hydrogens (tertiary/aromatic N) is 1. The predicted octanol–water partition coefficient (Wildman–Crippen LogP) is 1.89. The molecule has 4 heteroatoms. The Morgan fingerprint density at radius 3 is 2.40 bits per heavy atom. The average molecular weight is 284 g/mol. The van der Waals surface area contributed by atoms with Crippen LogP contribution >= 0.6 is 0 Å². The first-order valence-corrected chi connectivity index (χ1v) is 8.01. The van der Waals surface area contributed by atoms with Crippen LogP contribution in [0.4, 0.5) is 0 Å². The molecule has 0 aliphatic carbocycles. The summed E-state index contributed by atoms with van der Waals surface area (Å²) in [6.45, 7) is 12.5. The fourth-order valence-corrected chi connectivity index (χ4v) is 3.21. The molecule has 2 saturated heterocycles. The zero-order valence-corrected chi connectivity index (χ0v) is 13.7. The van der Waals surface area contributed by atoms with E-state index in [0.29, 0.717) is 6.04 Å². The summed E-state index contributed by atoms with van der Waals surface area (Å²) in [6, 6.07) is 0.677. The molecule has 0 aromatic heterocycles. The molecule has 0 aromatic carbocycles. The third kappa shape index (κ3) is 4.69. The highest BCUT2D eigenvalue weighted by Gasteiger charge is 2.38. The number of hydrogen-bond acceptors (Lipinski definition) is 4. The minimum absolute atomic E-state index is 0.173. The van der Waals surface area contributed by atoms with Crippen LogP contribution in [0.5, 0.6) is 0 Å². The highest BCUT2D eigenvalue weighted by molar-refractivity contribution is 4.91. The second-order valence-electron chi connectivity index (χ2n) is 7.66. The molecule has 0 aromatic rings. The quantitative estimate of drug-likeness (QED) is 0.836. The summed E-state index contributed by atoms with van der Waals surface area (Å²) in [5, 5.41) is 3.68. The Hall–Kier alpha value is -0.160. The van der Waals surface area contributed by atoms with Crippen molar-refractivity contribution in [1.29, 1.82) is 0 Å². The van der Waals surface area contributed by atoms with Gasteiger partial charge in [0.15, 0.2) is 0 Å². The molecule has 1 N–H and O–H groups in total. The van der Waals surface area contributed by atoms with Gasteiger partial charge in [0.1, 0.15) is 0 Å². The molecule has 4 nitrogen and oxygen atoms in total. The minimum atomic E-state index is 0.173. The van der Waals surface area contributed by atoms with Gasteiger partial charge in [-0.3, -0.25) is 0 Å². The number of ether oxygens (including phenoxy) is 2. The van der Waals surface area contributed by atoms with Gasteiger partial charge in [0.2, 0.25) is 0 Å². The molecule has 0 spiro atoms. The molecule has 2 rings (SSSR count). The second-order valence-corrected chi connectivity index (χ2v) is 7.66. The maximum atomic E-state index is 5.72. The monoisotopic (exact) mass is 284 g/mol. The molecule has 1 unspecified atom stereocenters. The van der Waals surface area contributed by atoms with Gasteiger partial charge < -0.3 is 19.7 Å². The minimum Gasteiger partial charge on any atom is -0.381 e. The molecule has 2 fully saturated rings. The summed E-state index contributed by atoms with van der Waals surface area (Å²) >= 11 is 0. The van der Waals surface area contributed by atoms with Crippen LogP contribution in [-0.2, 0) is 9.47 Å². The standard InChI is InChI=1S/C16H32N2O2/c1-15(2,3)17-11-16(7-10-20-13-16)12-18(4)14-5-8-19-9-6-14/h14,17H,5-13H2,1-4H3. The highest BCUT2D eigenvalue weighted by atomic mass is 16.5. The van der Waals surface area contributed by atoms with Crippen molar-refractivity contribution in [2.45, 2.75) is 51.6 Å². The van der Waals surface area contributed by atoms with Gasteiger partial charge in [0.05, 0.1) is 6.61 Å². The van der Waals surface area contributed by atoms with Gasteiger partial charge in [-0.2, -0.15) is 0 Å². The lowest BCUT2D eigenvalue weighted by Crippen LogP contribution is -2.51. The van der Waals surface area contributed by atoms with Crippen molar-refractivity contribution in [1.82, 2.24) is 10.2 Å². The zero-order valence-electron chi connectivity index (χ0n) is 13.7. The molecule has 1 atom stereocenters. The first kappa shape index (κ1) is 16.2. The molecular formula is C16H32N2O2. The van der Waals surface area contributed by atoms with E-state index in [9.17, 15) is 0 Å². The first-order valence-electron chi connectivity index (χ1n) is 8.01. The van der Waals surface area contributed by atoms with Crippen molar-refractivity contribution in [3.05, 3.63) is 0 Å². The largest absolute Gasteiger partial charge is 0.381 e. The van der Waals surface area contributed by atoms with Gasteiger partial charge in [0.25, 0.3) is 0 Å². The Bertz CT molecular complexity index is 289. The van der Waals surface area contributed by atoms with E-state index in [0.717, 1.165) is 39.5 Å². The molecule has 2 aliphatic heterocycles. The van der Waals surface area contributed by atoms with Crippen LogP contribution in [0.1, 0.15) is 40.0 Å². The van der Waals surface area contributed by atoms with E-state index in [4.69, 9.17) is 9.47 Å². The van der Waals surface area contributed by atoms with Gasteiger partial charge in [-0.1, -0.05) is 0 Å². The Morgan fingerprint density at radius 1 is 1.15 bits per heavy atom. The van der Waals surface area contributed by atoms with Gasteiger partial charge in [-0.05, 0) is 47.1 Å². The maximum Gasteiger partial charge on any atom is 0.0547 e. The van der Waals surface area contributed by atoms with E-state index in [1.165, 1.54) is 19.3 Å². The summed E-state index contributed by atoms with van der Waals surface area (Å²) in [7, 11) is 2.27. The molecule has 0 saturated carbocycles. The fraction of sp³-hybridized carbons (Fsp3) is 1.00. The lowest BCUT2D eigenvalue weighted by atomic mass is 9.85. The lowest BCUT2D eigenvalue weighted by Gasteiger charge is -2.39. The van der Waals surface area contributed by atoms with Crippen LogP contribution in [-0.4, -0.2) is 63.0 Å². The maximum absolute atomic E-state index is 5.72. The SMILES string of the molecule is CN(CC1(CNC(C)(C)C)CCOC1)C1CCOCC1. The van der Waals surface area contributed by atoms with Gasteiger partial charge in [-0.15, -0.1) is 0 Å². The van der Waals surface area contributed by atoms with Crippen molar-refractivity contribution < 1.29 is 9.47 Å². The Labute approximate surface area is 124 Å². The third-order valence-electron chi connectivity index (χ3n) is 4.58. The first-order chi connectivity index (χ1) is 9.40. The molecule has 0 bridgehead atoms. The van der Waals surface area contributed by atoms with Crippen LogP contribution in [0.2, 0.25) is 0 Å². The molecule has 118 valence electrons. The third-order valence-corrected chi connectivity index (χ3v) is 4.58. The molecule has 20 heavy (non-hydrogen) atoms. The normalized spacial score (nSPS) is 29.2.